The second-order valence-corrected chi connectivity index (χ2v) is 6.09. The highest BCUT2D eigenvalue weighted by atomic mass is 32.1. The van der Waals surface area contributed by atoms with E-state index in [9.17, 15) is 4.79 Å². The molecule has 0 aliphatic heterocycles. The molecule has 1 saturated carbocycles. The molecule has 1 aliphatic carbocycles. The Bertz CT molecular complexity index is 660. The summed E-state index contributed by atoms with van der Waals surface area (Å²) in [4.78, 5) is 13.4. The summed E-state index contributed by atoms with van der Waals surface area (Å²) in [7, 11) is 0. The lowest BCUT2D eigenvalue weighted by atomic mass is 10.1. The van der Waals surface area contributed by atoms with E-state index in [-0.39, 0.29) is 5.91 Å². The van der Waals surface area contributed by atoms with Crippen LogP contribution in [0.25, 0.3) is 10.2 Å². The van der Waals surface area contributed by atoms with E-state index < -0.39 is 0 Å². The fraction of sp³-hybridized carbons (Fsp3) is 0.462. The molecule has 1 aliphatic rings. The van der Waals surface area contributed by atoms with E-state index in [4.69, 9.17) is 5.73 Å². The maximum atomic E-state index is 12.1. The predicted molar refractivity (Wildman–Crippen MR) is 76.4 cm³/mol. The summed E-state index contributed by atoms with van der Waals surface area (Å²) in [6.07, 6.45) is 2.43. The largest absolute Gasteiger partial charge is 0.397 e. The van der Waals surface area contributed by atoms with Crippen molar-refractivity contribution < 1.29 is 4.79 Å². The van der Waals surface area contributed by atoms with Crippen molar-refractivity contribution in [2.24, 2.45) is 5.92 Å². The maximum Gasteiger partial charge on any atom is 0.263 e. The minimum Gasteiger partial charge on any atom is -0.397 e. The van der Waals surface area contributed by atoms with E-state index in [0.717, 1.165) is 28.0 Å². The van der Waals surface area contributed by atoms with Crippen LogP contribution in [0.3, 0.4) is 0 Å². The highest BCUT2D eigenvalue weighted by molar-refractivity contribution is 7.21. The van der Waals surface area contributed by atoms with E-state index in [1.807, 2.05) is 13.8 Å². The van der Waals surface area contributed by atoms with Crippen LogP contribution in [0, 0.1) is 19.8 Å². The number of nitrogens with two attached hydrogens (primary N) is 1. The molecule has 1 fully saturated rings. The Balaban J connectivity index is 1.97. The molecule has 5 nitrogen and oxygen atoms in total. The molecule has 3 N–H and O–H groups in total. The fourth-order valence-electron chi connectivity index (χ4n) is 2.05. The number of aromatic nitrogens is 2. The molecule has 6 heteroatoms. The van der Waals surface area contributed by atoms with Crippen LogP contribution < -0.4 is 11.1 Å². The lowest BCUT2D eigenvalue weighted by Crippen LogP contribution is -2.25. The van der Waals surface area contributed by atoms with Crippen LogP contribution >= 0.6 is 11.3 Å². The topological polar surface area (TPSA) is 80.9 Å². The predicted octanol–water partition coefficient (Wildman–Crippen LogP) is 2.03. The zero-order valence-corrected chi connectivity index (χ0v) is 11.8. The molecule has 0 atom stereocenters. The standard InChI is InChI=1S/C13H16N4OS/c1-6-7(2)16-17-13-9(6)10(14)11(19-13)12(18)15-5-8-3-4-8/h8H,3-5,14H2,1-2H3,(H,15,18). The maximum absolute atomic E-state index is 12.1. The Kier molecular flexibility index (Phi) is 2.89. The summed E-state index contributed by atoms with van der Waals surface area (Å²) in [6.45, 7) is 4.60. The number of carbonyl (C=O) groups is 1. The number of rotatable bonds is 3. The van der Waals surface area contributed by atoms with Crippen LogP contribution in [-0.4, -0.2) is 22.6 Å². The van der Waals surface area contributed by atoms with E-state index >= 15 is 0 Å². The number of aryl methyl sites for hydroxylation is 2. The SMILES string of the molecule is Cc1nnc2sc(C(=O)NCC3CC3)c(N)c2c1C. The first-order valence-corrected chi connectivity index (χ1v) is 7.19. The van der Waals surface area contributed by atoms with Gasteiger partial charge in [0.15, 0.2) is 0 Å². The summed E-state index contributed by atoms with van der Waals surface area (Å²) >= 11 is 1.32. The summed E-state index contributed by atoms with van der Waals surface area (Å²) in [5.41, 5.74) is 8.49. The summed E-state index contributed by atoms with van der Waals surface area (Å²) in [5, 5.41) is 12.0. The number of nitrogens with one attached hydrogen (secondary N) is 1. The van der Waals surface area contributed by atoms with Gasteiger partial charge in [0.1, 0.15) is 9.71 Å². The zero-order valence-electron chi connectivity index (χ0n) is 11.0. The van der Waals surface area contributed by atoms with Gasteiger partial charge >= 0.3 is 0 Å². The second-order valence-electron chi connectivity index (χ2n) is 5.09. The lowest BCUT2D eigenvalue weighted by molar-refractivity contribution is 0.0956. The number of carbonyl (C=O) groups excluding carboxylic acids is 1. The molecule has 2 aromatic rings. The minimum atomic E-state index is -0.0931. The Morgan fingerprint density at radius 1 is 1.42 bits per heavy atom. The smallest absolute Gasteiger partial charge is 0.263 e. The average Bonchev–Trinajstić information content (AvgIpc) is 3.15. The first kappa shape index (κ1) is 12.3. The lowest BCUT2D eigenvalue weighted by Gasteiger charge is -2.03. The van der Waals surface area contributed by atoms with E-state index in [0.29, 0.717) is 16.5 Å². The Labute approximate surface area is 115 Å². The van der Waals surface area contributed by atoms with Crippen LogP contribution in [-0.2, 0) is 0 Å². The summed E-state index contributed by atoms with van der Waals surface area (Å²) < 4.78 is 0. The molecular formula is C13H16N4OS. The van der Waals surface area contributed by atoms with Gasteiger partial charge in [0.05, 0.1) is 11.4 Å². The molecule has 0 spiro atoms. The van der Waals surface area contributed by atoms with Gasteiger partial charge in [-0.05, 0) is 38.2 Å². The van der Waals surface area contributed by atoms with Crippen molar-refractivity contribution in [2.45, 2.75) is 26.7 Å². The highest BCUT2D eigenvalue weighted by Crippen LogP contribution is 2.35. The van der Waals surface area contributed by atoms with E-state index in [1.165, 1.54) is 24.2 Å². The number of thiophene rings is 1. The number of anilines is 1. The number of amides is 1. The monoisotopic (exact) mass is 276 g/mol. The average molecular weight is 276 g/mol. The van der Waals surface area contributed by atoms with Gasteiger partial charge < -0.3 is 11.1 Å². The molecule has 0 unspecified atom stereocenters. The van der Waals surface area contributed by atoms with Crippen LogP contribution in [0.15, 0.2) is 0 Å². The van der Waals surface area contributed by atoms with Crippen molar-refractivity contribution in [1.82, 2.24) is 15.5 Å². The molecule has 0 saturated heterocycles. The van der Waals surface area contributed by atoms with Crippen molar-refractivity contribution in [2.75, 3.05) is 12.3 Å². The van der Waals surface area contributed by atoms with Crippen molar-refractivity contribution in [3.63, 3.8) is 0 Å². The Hall–Kier alpha value is -1.69. The minimum absolute atomic E-state index is 0.0931. The first-order chi connectivity index (χ1) is 9.08. The molecule has 19 heavy (non-hydrogen) atoms. The van der Waals surface area contributed by atoms with E-state index in [2.05, 4.69) is 15.5 Å². The van der Waals surface area contributed by atoms with Crippen molar-refractivity contribution in [1.29, 1.82) is 0 Å². The Morgan fingerprint density at radius 2 is 2.16 bits per heavy atom. The molecule has 3 rings (SSSR count). The van der Waals surface area contributed by atoms with Gasteiger partial charge in [-0.25, -0.2) is 0 Å². The molecule has 2 heterocycles. The quantitative estimate of drug-likeness (QED) is 0.898. The summed E-state index contributed by atoms with van der Waals surface area (Å²) in [5.74, 6) is 0.563. The van der Waals surface area contributed by atoms with E-state index in [1.54, 1.807) is 0 Å². The van der Waals surface area contributed by atoms with Gasteiger partial charge in [-0.3, -0.25) is 4.79 Å². The third-order valence-electron chi connectivity index (χ3n) is 3.59. The highest BCUT2D eigenvalue weighted by Gasteiger charge is 2.24. The van der Waals surface area contributed by atoms with Gasteiger partial charge in [0.2, 0.25) is 0 Å². The normalized spacial score (nSPS) is 14.8. The van der Waals surface area contributed by atoms with Crippen LogP contribution in [0.2, 0.25) is 0 Å². The molecule has 1 amide bonds. The van der Waals surface area contributed by atoms with Crippen LogP contribution in [0.5, 0.6) is 0 Å². The van der Waals surface area contributed by atoms with Gasteiger partial charge in [-0.15, -0.1) is 16.4 Å². The van der Waals surface area contributed by atoms with Gasteiger partial charge in [0.25, 0.3) is 5.91 Å². The number of nitrogen functional groups attached to an aromatic ring is 1. The molecule has 100 valence electrons. The van der Waals surface area contributed by atoms with Crippen molar-refractivity contribution >= 4 is 33.1 Å². The summed E-state index contributed by atoms with van der Waals surface area (Å²) in [6, 6.07) is 0. The molecule has 0 bridgehead atoms. The number of hydrogen-bond acceptors (Lipinski definition) is 5. The molecule has 0 aromatic carbocycles. The molecule has 2 aromatic heterocycles. The fourth-order valence-corrected chi connectivity index (χ4v) is 3.07. The first-order valence-electron chi connectivity index (χ1n) is 6.38. The van der Waals surface area contributed by atoms with Crippen LogP contribution in [0.1, 0.15) is 33.8 Å². The Morgan fingerprint density at radius 3 is 2.84 bits per heavy atom. The number of nitrogens with zero attached hydrogens (tertiary/aromatic N) is 2. The zero-order chi connectivity index (χ0) is 13.6. The van der Waals surface area contributed by atoms with Crippen molar-refractivity contribution in [3.05, 3.63) is 16.1 Å². The molecule has 0 radical (unpaired) electrons. The molecular weight excluding hydrogens is 260 g/mol. The third kappa shape index (κ3) is 2.16. The van der Waals surface area contributed by atoms with Gasteiger partial charge in [-0.2, -0.15) is 5.10 Å². The van der Waals surface area contributed by atoms with Crippen LogP contribution in [0.4, 0.5) is 5.69 Å². The van der Waals surface area contributed by atoms with Gasteiger partial charge in [-0.1, -0.05) is 0 Å². The number of hydrogen-bond donors (Lipinski definition) is 2. The third-order valence-corrected chi connectivity index (χ3v) is 4.68. The number of fused-ring (bicyclic) bond motifs is 1. The van der Waals surface area contributed by atoms with Gasteiger partial charge in [0, 0.05) is 11.9 Å². The second kappa shape index (κ2) is 4.45. The van der Waals surface area contributed by atoms with Crippen molar-refractivity contribution in [3.8, 4) is 0 Å².